The van der Waals surface area contributed by atoms with Crippen LogP contribution < -0.4 is 5.32 Å². The second kappa shape index (κ2) is 2.06. The molecule has 0 aliphatic carbocycles. The number of carbonyl (C=O) groups is 1. The molecule has 1 radical (unpaired) electrons. The van der Waals surface area contributed by atoms with E-state index in [0.717, 1.165) is 0 Å². The van der Waals surface area contributed by atoms with Crippen molar-refractivity contribution in [2.75, 3.05) is 5.32 Å². The first-order valence-corrected chi connectivity index (χ1v) is 1.92. The van der Waals surface area contributed by atoms with Crippen LogP contribution >= 0.6 is 0 Å². The number of aromatic amines is 1. The predicted octanol–water partition coefficient (Wildman–Crippen LogP) is -0.827. The first-order valence-electron chi connectivity index (χ1n) is 1.92. The lowest BCUT2D eigenvalue weighted by molar-refractivity contribution is -0.105. The molecule has 0 aliphatic heterocycles. The molecule has 5 heteroatoms. The van der Waals surface area contributed by atoms with Crippen LogP contribution in [0.3, 0.4) is 0 Å². The third-order valence-corrected chi connectivity index (χ3v) is 0.562. The average molecular weight is 111 g/mol. The smallest absolute Gasteiger partial charge is 0.248 e. The Hall–Kier alpha value is -1.39. The fraction of sp³-hybridized carbons (Fsp3) is 0. The van der Waals surface area contributed by atoms with Crippen LogP contribution in [0.4, 0.5) is 5.95 Å². The summed E-state index contributed by atoms with van der Waals surface area (Å²) >= 11 is 0. The van der Waals surface area contributed by atoms with Gasteiger partial charge in [0.2, 0.25) is 12.4 Å². The standard InChI is InChI=1S/C3H3N4O/c8-2-5-3-4-1-6-7-3/h2H,(H2,4,5,6,7,8). The Balaban J connectivity index is 2.62. The number of H-pyrrole nitrogens is 1. The van der Waals surface area contributed by atoms with E-state index in [4.69, 9.17) is 0 Å². The number of carbonyl (C=O) groups excluding carboxylic acids is 1. The highest BCUT2D eigenvalue weighted by Crippen LogP contribution is 1.85. The molecule has 5 nitrogen and oxygen atoms in total. The molecule has 0 spiro atoms. The van der Waals surface area contributed by atoms with Gasteiger partial charge < -0.3 is 0 Å². The Morgan fingerprint density at radius 1 is 1.88 bits per heavy atom. The molecular formula is C3H3N4O. The Bertz CT molecular complexity index is 158. The summed E-state index contributed by atoms with van der Waals surface area (Å²) in [5.41, 5.74) is 0. The molecule has 1 amide bonds. The maximum atomic E-state index is 9.65. The van der Waals surface area contributed by atoms with Crippen molar-refractivity contribution in [3.63, 3.8) is 0 Å². The lowest BCUT2D eigenvalue weighted by Crippen LogP contribution is -1.94. The van der Waals surface area contributed by atoms with Crippen LogP contribution in [0.15, 0.2) is 0 Å². The minimum absolute atomic E-state index is 0.236. The molecule has 2 N–H and O–H groups in total. The van der Waals surface area contributed by atoms with E-state index >= 15 is 0 Å². The van der Waals surface area contributed by atoms with Crippen molar-refractivity contribution in [1.82, 2.24) is 15.2 Å². The summed E-state index contributed by atoms with van der Waals surface area (Å²) in [7, 11) is 0. The summed E-state index contributed by atoms with van der Waals surface area (Å²) < 4.78 is 0. The summed E-state index contributed by atoms with van der Waals surface area (Å²) in [5, 5.41) is 8.00. The lowest BCUT2D eigenvalue weighted by Gasteiger charge is -1.80. The van der Waals surface area contributed by atoms with Crippen LogP contribution in [0.25, 0.3) is 0 Å². The van der Waals surface area contributed by atoms with Crippen molar-refractivity contribution < 1.29 is 4.79 Å². The van der Waals surface area contributed by atoms with E-state index in [0.29, 0.717) is 6.41 Å². The van der Waals surface area contributed by atoms with Crippen LogP contribution in [0.5, 0.6) is 0 Å². The quantitative estimate of drug-likeness (QED) is 0.489. The van der Waals surface area contributed by atoms with Crippen LogP contribution in [-0.4, -0.2) is 21.6 Å². The molecule has 0 bridgehead atoms. The van der Waals surface area contributed by atoms with Gasteiger partial charge in [0.1, 0.15) is 0 Å². The van der Waals surface area contributed by atoms with E-state index < -0.39 is 0 Å². The monoisotopic (exact) mass is 111 g/mol. The van der Waals surface area contributed by atoms with Gasteiger partial charge in [-0.1, -0.05) is 0 Å². The van der Waals surface area contributed by atoms with Gasteiger partial charge in [0.25, 0.3) is 0 Å². The molecule has 1 aromatic heterocycles. The highest BCUT2D eigenvalue weighted by Gasteiger charge is 1.88. The SMILES string of the molecule is O=CNc1n[c][nH]n1. The molecule has 1 aromatic rings. The number of amides is 1. The Labute approximate surface area is 45.1 Å². The zero-order valence-electron chi connectivity index (χ0n) is 3.88. The van der Waals surface area contributed by atoms with Gasteiger partial charge in [0, 0.05) is 0 Å². The topological polar surface area (TPSA) is 70.7 Å². The number of nitrogens with zero attached hydrogens (tertiary/aromatic N) is 2. The third-order valence-electron chi connectivity index (χ3n) is 0.562. The van der Waals surface area contributed by atoms with Gasteiger partial charge in [0.15, 0.2) is 6.33 Å². The number of hydrogen-bond acceptors (Lipinski definition) is 3. The largest absolute Gasteiger partial charge is 0.296 e. The molecule has 0 aliphatic rings. The normalized spacial score (nSPS) is 8.50. The zero-order chi connectivity index (χ0) is 5.82. The van der Waals surface area contributed by atoms with E-state index in [1.807, 2.05) is 0 Å². The molecule has 0 atom stereocenters. The van der Waals surface area contributed by atoms with Crippen molar-refractivity contribution in [3.8, 4) is 0 Å². The van der Waals surface area contributed by atoms with Crippen molar-refractivity contribution in [2.24, 2.45) is 0 Å². The number of nitrogens with one attached hydrogen (secondary N) is 2. The first kappa shape index (κ1) is 4.76. The fourth-order valence-corrected chi connectivity index (χ4v) is 0.298. The lowest BCUT2D eigenvalue weighted by atomic mass is 11.0. The first-order chi connectivity index (χ1) is 3.93. The van der Waals surface area contributed by atoms with Crippen molar-refractivity contribution in [1.29, 1.82) is 0 Å². The van der Waals surface area contributed by atoms with E-state index in [9.17, 15) is 4.79 Å². The number of aromatic nitrogens is 3. The van der Waals surface area contributed by atoms with Crippen LogP contribution in [0.1, 0.15) is 0 Å². The number of anilines is 1. The molecule has 0 saturated carbocycles. The predicted molar refractivity (Wildman–Crippen MR) is 24.9 cm³/mol. The van der Waals surface area contributed by atoms with E-state index in [1.165, 1.54) is 0 Å². The van der Waals surface area contributed by atoms with Gasteiger partial charge >= 0.3 is 0 Å². The maximum absolute atomic E-state index is 9.65. The van der Waals surface area contributed by atoms with E-state index in [-0.39, 0.29) is 5.95 Å². The fourth-order valence-electron chi connectivity index (χ4n) is 0.298. The van der Waals surface area contributed by atoms with Crippen molar-refractivity contribution >= 4 is 12.4 Å². The van der Waals surface area contributed by atoms with E-state index in [2.05, 4.69) is 26.8 Å². The van der Waals surface area contributed by atoms with Crippen LogP contribution in [0.2, 0.25) is 0 Å². The van der Waals surface area contributed by atoms with Gasteiger partial charge in [-0.2, -0.15) is 4.98 Å². The molecule has 0 aromatic carbocycles. The molecule has 0 saturated heterocycles. The van der Waals surface area contributed by atoms with Gasteiger partial charge in [-0.25, -0.2) is 0 Å². The molecule has 0 unspecified atom stereocenters. The number of rotatable bonds is 2. The molecule has 1 rings (SSSR count). The molecule has 1 heterocycles. The summed E-state index contributed by atoms with van der Waals surface area (Å²) in [6, 6.07) is 0. The minimum atomic E-state index is 0.236. The van der Waals surface area contributed by atoms with Crippen LogP contribution in [0, 0.1) is 6.33 Å². The average Bonchev–Trinajstić information content (AvgIpc) is 2.19. The molecular weight excluding hydrogens is 108 g/mol. The summed E-state index contributed by atoms with van der Waals surface area (Å²) in [6.07, 6.45) is 2.80. The van der Waals surface area contributed by atoms with Crippen LogP contribution in [-0.2, 0) is 4.79 Å². The highest BCUT2D eigenvalue weighted by atomic mass is 16.1. The number of hydrogen-bond donors (Lipinski definition) is 2. The maximum Gasteiger partial charge on any atom is 0.248 e. The zero-order valence-corrected chi connectivity index (χ0v) is 3.88. The van der Waals surface area contributed by atoms with Gasteiger partial charge in [-0.15, -0.1) is 5.10 Å². The molecule has 41 valence electrons. The minimum Gasteiger partial charge on any atom is -0.296 e. The Kier molecular flexibility index (Phi) is 1.23. The Morgan fingerprint density at radius 2 is 2.75 bits per heavy atom. The van der Waals surface area contributed by atoms with Crippen molar-refractivity contribution in [2.45, 2.75) is 0 Å². The molecule has 0 fully saturated rings. The summed E-state index contributed by atoms with van der Waals surface area (Å²) in [6.45, 7) is 0. The van der Waals surface area contributed by atoms with Gasteiger partial charge in [-0.05, 0) is 0 Å². The summed E-state index contributed by atoms with van der Waals surface area (Å²) in [4.78, 5) is 13.1. The Morgan fingerprint density at radius 3 is 3.25 bits per heavy atom. The molecule has 8 heavy (non-hydrogen) atoms. The van der Waals surface area contributed by atoms with Gasteiger partial charge in [0.05, 0.1) is 0 Å². The van der Waals surface area contributed by atoms with Crippen molar-refractivity contribution in [3.05, 3.63) is 6.33 Å². The third kappa shape index (κ3) is 0.810. The van der Waals surface area contributed by atoms with Gasteiger partial charge in [-0.3, -0.25) is 15.2 Å². The summed E-state index contributed by atoms with van der Waals surface area (Å²) in [5.74, 6) is 0.236. The second-order valence-corrected chi connectivity index (χ2v) is 1.03. The van der Waals surface area contributed by atoms with E-state index in [1.54, 1.807) is 0 Å². The second-order valence-electron chi connectivity index (χ2n) is 1.03. The highest BCUT2D eigenvalue weighted by molar-refractivity contribution is 5.66.